The van der Waals surface area contributed by atoms with Gasteiger partial charge < -0.3 is 10.6 Å². The predicted molar refractivity (Wildman–Crippen MR) is 84.9 cm³/mol. The summed E-state index contributed by atoms with van der Waals surface area (Å²) in [5.74, 6) is 0.382. The molecular formula is C15H24N2O3S. The van der Waals surface area contributed by atoms with E-state index in [2.05, 4.69) is 24.5 Å². The second kappa shape index (κ2) is 8.02. The second-order valence-corrected chi connectivity index (χ2v) is 7.88. The number of hydrogen-bond donors (Lipinski definition) is 2. The van der Waals surface area contributed by atoms with Crippen LogP contribution in [0.5, 0.6) is 0 Å². The van der Waals surface area contributed by atoms with Crippen molar-refractivity contribution in [2.24, 2.45) is 5.92 Å². The Bertz CT molecular complexity index is 541. The molecular weight excluding hydrogens is 288 g/mol. The summed E-state index contributed by atoms with van der Waals surface area (Å²) in [4.78, 5) is 11.9. The molecule has 0 aliphatic rings. The minimum Gasteiger partial charge on any atom is -0.337 e. The van der Waals surface area contributed by atoms with Crippen molar-refractivity contribution >= 4 is 15.9 Å². The van der Waals surface area contributed by atoms with E-state index in [9.17, 15) is 13.2 Å². The number of carbonyl (C=O) groups is 1. The SMILES string of the molecule is CC(C)CC(NC(=O)NCCS(C)(=O)=O)c1ccccc1. The van der Waals surface area contributed by atoms with Gasteiger partial charge in [0, 0.05) is 12.8 Å². The van der Waals surface area contributed by atoms with Gasteiger partial charge in [0.15, 0.2) is 0 Å². The third-order valence-corrected chi connectivity index (χ3v) is 3.92. The van der Waals surface area contributed by atoms with Crippen molar-refractivity contribution in [2.45, 2.75) is 26.3 Å². The van der Waals surface area contributed by atoms with E-state index in [0.717, 1.165) is 18.2 Å². The number of hydrogen-bond acceptors (Lipinski definition) is 3. The molecule has 1 unspecified atom stereocenters. The monoisotopic (exact) mass is 312 g/mol. The Hall–Kier alpha value is -1.56. The van der Waals surface area contributed by atoms with E-state index < -0.39 is 9.84 Å². The topological polar surface area (TPSA) is 75.3 Å². The highest BCUT2D eigenvalue weighted by molar-refractivity contribution is 7.90. The lowest BCUT2D eigenvalue weighted by molar-refractivity contribution is 0.235. The van der Waals surface area contributed by atoms with Crippen molar-refractivity contribution in [3.63, 3.8) is 0 Å². The first-order valence-corrected chi connectivity index (χ1v) is 9.11. The molecule has 0 heterocycles. The van der Waals surface area contributed by atoms with Crippen LogP contribution in [0.25, 0.3) is 0 Å². The van der Waals surface area contributed by atoms with Gasteiger partial charge >= 0.3 is 6.03 Å². The van der Waals surface area contributed by atoms with Gasteiger partial charge in [-0.15, -0.1) is 0 Å². The number of urea groups is 1. The lowest BCUT2D eigenvalue weighted by atomic mass is 9.97. The Labute approximate surface area is 127 Å². The minimum atomic E-state index is -3.06. The van der Waals surface area contributed by atoms with E-state index in [-0.39, 0.29) is 24.4 Å². The molecule has 0 aromatic heterocycles. The van der Waals surface area contributed by atoms with E-state index in [4.69, 9.17) is 0 Å². The van der Waals surface area contributed by atoms with Crippen LogP contribution in [0.2, 0.25) is 0 Å². The van der Waals surface area contributed by atoms with Crippen molar-refractivity contribution < 1.29 is 13.2 Å². The fourth-order valence-electron chi connectivity index (χ4n) is 1.99. The largest absolute Gasteiger partial charge is 0.337 e. The van der Waals surface area contributed by atoms with Crippen LogP contribution in [0.1, 0.15) is 31.9 Å². The van der Waals surface area contributed by atoms with Gasteiger partial charge in [-0.1, -0.05) is 44.2 Å². The summed E-state index contributed by atoms with van der Waals surface area (Å²) in [5, 5.41) is 5.49. The maximum absolute atomic E-state index is 11.9. The summed E-state index contributed by atoms with van der Waals surface area (Å²) in [5.41, 5.74) is 1.05. The van der Waals surface area contributed by atoms with Crippen LogP contribution in [0.4, 0.5) is 4.79 Å². The fourth-order valence-corrected chi connectivity index (χ4v) is 2.47. The first-order valence-electron chi connectivity index (χ1n) is 7.05. The number of amides is 2. The average Bonchev–Trinajstić information content (AvgIpc) is 2.37. The van der Waals surface area contributed by atoms with E-state index in [1.165, 1.54) is 0 Å². The van der Waals surface area contributed by atoms with Gasteiger partial charge in [0.2, 0.25) is 0 Å². The lowest BCUT2D eigenvalue weighted by Crippen LogP contribution is -2.40. The molecule has 0 aliphatic heterocycles. The number of benzene rings is 1. The summed E-state index contributed by atoms with van der Waals surface area (Å²) >= 11 is 0. The van der Waals surface area contributed by atoms with Crippen LogP contribution < -0.4 is 10.6 Å². The Kier molecular flexibility index (Phi) is 6.68. The maximum Gasteiger partial charge on any atom is 0.315 e. The Morgan fingerprint density at radius 2 is 1.81 bits per heavy atom. The summed E-state index contributed by atoms with van der Waals surface area (Å²) < 4.78 is 22.1. The van der Waals surface area contributed by atoms with E-state index >= 15 is 0 Å². The molecule has 1 rings (SSSR count). The minimum absolute atomic E-state index is 0.0550. The molecule has 0 bridgehead atoms. The lowest BCUT2D eigenvalue weighted by Gasteiger charge is -2.21. The smallest absolute Gasteiger partial charge is 0.315 e. The van der Waals surface area contributed by atoms with Crippen LogP contribution >= 0.6 is 0 Å². The average molecular weight is 312 g/mol. The van der Waals surface area contributed by atoms with Crippen LogP contribution in [-0.4, -0.2) is 33.0 Å². The third kappa shape index (κ3) is 7.70. The molecule has 2 amide bonds. The molecule has 0 spiro atoms. The summed E-state index contributed by atoms with van der Waals surface area (Å²) in [7, 11) is -3.06. The van der Waals surface area contributed by atoms with Crippen molar-refractivity contribution in [3.05, 3.63) is 35.9 Å². The quantitative estimate of drug-likeness (QED) is 0.810. The summed E-state index contributed by atoms with van der Waals surface area (Å²) in [6.07, 6.45) is 1.97. The van der Waals surface area contributed by atoms with Gasteiger partial charge in [0.25, 0.3) is 0 Å². The summed E-state index contributed by atoms with van der Waals surface area (Å²) in [6, 6.07) is 9.34. The van der Waals surface area contributed by atoms with Gasteiger partial charge in [0.05, 0.1) is 11.8 Å². The zero-order chi connectivity index (χ0) is 15.9. The van der Waals surface area contributed by atoms with Gasteiger partial charge in [0.1, 0.15) is 9.84 Å². The maximum atomic E-state index is 11.9. The number of rotatable bonds is 7. The standard InChI is InChI=1S/C15H24N2O3S/c1-12(2)11-14(13-7-5-4-6-8-13)17-15(18)16-9-10-21(3,19)20/h4-8,12,14H,9-11H2,1-3H3,(H2,16,17,18). The highest BCUT2D eigenvalue weighted by Gasteiger charge is 2.16. The van der Waals surface area contributed by atoms with E-state index in [1.807, 2.05) is 30.3 Å². The molecule has 1 aromatic rings. The molecule has 0 fully saturated rings. The highest BCUT2D eigenvalue weighted by Crippen LogP contribution is 2.20. The van der Waals surface area contributed by atoms with Crippen LogP contribution in [0.3, 0.4) is 0 Å². The van der Waals surface area contributed by atoms with Crippen LogP contribution in [-0.2, 0) is 9.84 Å². The fraction of sp³-hybridized carbons (Fsp3) is 0.533. The molecule has 118 valence electrons. The summed E-state index contributed by atoms with van der Waals surface area (Å²) in [6.45, 7) is 4.31. The molecule has 2 N–H and O–H groups in total. The zero-order valence-corrected chi connectivity index (χ0v) is 13.6. The molecule has 0 radical (unpaired) electrons. The van der Waals surface area contributed by atoms with Crippen molar-refractivity contribution in [1.82, 2.24) is 10.6 Å². The molecule has 0 saturated carbocycles. The number of sulfone groups is 1. The number of nitrogens with one attached hydrogen (secondary N) is 2. The molecule has 0 aliphatic carbocycles. The first kappa shape index (κ1) is 17.5. The van der Waals surface area contributed by atoms with Gasteiger partial charge in [-0.3, -0.25) is 0 Å². The molecule has 21 heavy (non-hydrogen) atoms. The van der Waals surface area contributed by atoms with Gasteiger partial charge in [-0.25, -0.2) is 13.2 Å². The molecule has 0 saturated heterocycles. The third-order valence-electron chi connectivity index (χ3n) is 2.97. The molecule has 1 atom stereocenters. The van der Waals surface area contributed by atoms with Crippen molar-refractivity contribution in [3.8, 4) is 0 Å². The predicted octanol–water partition coefficient (Wildman–Crippen LogP) is 2.12. The second-order valence-electron chi connectivity index (χ2n) is 5.62. The van der Waals surface area contributed by atoms with Gasteiger partial charge in [-0.05, 0) is 17.9 Å². The molecule has 5 nitrogen and oxygen atoms in total. The zero-order valence-electron chi connectivity index (χ0n) is 12.8. The van der Waals surface area contributed by atoms with Crippen LogP contribution in [0, 0.1) is 5.92 Å². The van der Waals surface area contributed by atoms with Gasteiger partial charge in [-0.2, -0.15) is 0 Å². The highest BCUT2D eigenvalue weighted by atomic mass is 32.2. The number of carbonyl (C=O) groups excluding carboxylic acids is 1. The molecule has 1 aromatic carbocycles. The van der Waals surface area contributed by atoms with E-state index in [0.29, 0.717) is 5.92 Å². The first-order chi connectivity index (χ1) is 9.78. The Balaban J connectivity index is 2.59. The normalized spacial score (nSPS) is 13.0. The Morgan fingerprint density at radius 1 is 1.19 bits per heavy atom. The van der Waals surface area contributed by atoms with Crippen molar-refractivity contribution in [1.29, 1.82) is 0 Å². The Morgan fingerprint density at radius 3 is 2.33 bits per heavy atom. The molecule has 6 heteroatoms. The van der Waals surface area contributed by atoms with E-state index in [1.54, 1.807) is 0 Å². The van der Waals surface area contributed by atoms with Crippen molar-refractivity contribution in [2.75, 3.05) is 18.6 Å². The van der Waals surface area contributed by atoms with Crippen LogP contribution in [0.15, 0.2) is 30.3 Å².